The third-order valence-corrected chi connectivity index (χ3v) is 6.53. The maximum atomic E-state index is 12.3. The Labute approximate surface area is 221 Å². The zero-order chi connectivity index (χ0) is 26.7. The highest BCUT2D eigenvalue weighted by atomic mass is 16.6. The Morgan fingerprint density at radius 1 is 0.838 bits per heavy atom. The first-order valence-corrected chi connectivity index (χ1v) is 12.9. The topological polar surface area (TPSA) is 61.1 Å². The largest absolute Gasteiger partial charge is 0.444 e. The number of nitrogens with one attached hydrogen (secondary N) is 1. The number of amides is 1. The fraction of sp³-hybridized carbons (Fsp3) is 0.355. The van der Waals surface area contributed by atoms with Gasteiger partial charge < -0.3 is 19.2 Å². The third kappa shape index (κ3) is 6.13. The predicted octanol–water partition coefficient (Wildman–Crippen LogP) is 7.19. The molecule has 0 radical (unpaired) electrons. The molecule has 0 aliphatic rings. The van der Waals surface area contributed by atoms with Crippen molar-refractivity contribution in [1.82, 2.24) is 19.4 Å². The number of ether oxygens (including phenoxy) is 1. The zero-order valence-corrected chi connectivity index (χ0v) is 23.0. The van der Waals surface area contributed by atoms with Crippen LogP contribution >= 0.6 is 0 Å². The molecule has 1 amide bonds. The van der Waals surface area contributed by atoms with Crippen LogP contribution in [0.1, 0.15) is 68.4 Å². The average Bonchev–Trinajstić information content (AvgIpc) is 3.35. The fourth-order valence-electron chi connectivity index (χ4n) is 4.86. The molecule has 6 heteroatoms. The first-order chi connectivity index (χ1) is 17.5. The molecular formula is C31H40N4O2. The molecule has 196 valence electrons. The van der Waals surface area contributed by atoms with Crippen LogP contribution in [-0.4, -0.2) is 32.4 Å². The van der Waals surface area contributed by atoms with Crippen molar-refractivity contribution in [3.63, 3.8) is 0 Å². The molecule has 1 unspecified atom stereocenters. The Morgan fingerprint density at radius 3 is 1.78 bits per heavy atom. The molecule has 3 aromatic heterocycles. The lowest BCUT2D eigenvalue weighted by Gasteiger charge is -2.23. The fourth-order valence-corrected chi connectivity index (χ4v) is 4.86. The van der Waals surface area contributed by atoms with Crippen LogP contribution in [0.3, 0.4) is 0 Å². The number of pyridine rings is 1. The van der Waals surface area contributed by atoms with E-state index in [1.54, 1.807) is 0 Å². The van der Waals surface area contributed by atoms with E-state index in [1.165, 1.54) is 5.56 Å². The predicted molar refractivity (Wildman–Crippen MR) is 151 cm³/mol. The van der Waals surface area contributed by atoms with Gasteiger partial charge in [0.1, 0.15) is 17.2 Å². The number of carbonyl (C=O) groups is 1. The first kappa shape index (κ1) is 26.3. The molecule has 1 N–H and O–H groups in total. The highest BCUT2D eigenvalue weighted by molar-refractivity contribution is 5.67. The molecule has 4 aromatic rings. The highest BCUT2D eigenvalue weighted by Crippen LogP contribution is 2.31. The second kappa shape index (κ2) is 10.7. The highest BCUT2D eigenvalue weighted by Gasteiger charge is 2.21. The monoisotopic (exact) mass is 500 g/mol. The van der Waals surface area contributed by atoms with Gasteiger partial charge in [0.05, 0.1) is 0 Å². The number of aromatic nitrogens is 3. The second-order valence-corrected chi connectivity index (χ2v) is 10.7. The first-order valence-electron chi connectivity index (χ1n) is 12.9. The van der Waals surface area contributed by atoms with Crippen LogP contribution in [0.2, 0.25) is 0 Å². The molecule has 0 fully saturated rings. The van der Waals surface area contributed by atoms with Gasteiger partial charge in [-0.2, -0.15) is 0 Å². The van der Waals surface area contributed by atoms with Gasteiger partial charge in [-0.3, -0.25) is 0 Å². The van der Waals surface area contributed by atoms with E-state index in [4.69, 9.17) is 9.72 Å². The number of hydrogen-bond donors (Lipinski definition) is 1. The second-order valence-electron chi connectivity index (χ2n) is 10.7. The molecule has 0 bridgehead atoms. The standard InChI is InChI=1S/C31H38N4O2.H2/c1-21-13-14-22(2)34(21)28-19-26(20-29(33-28)35-23(3)15-16-24(35)4)27(25-11-9-8-10-12-25)17-18-32-30(36)37-31(5,6)7;/h8-16,19-20,27H,17-18H2,1-7H3,(H,32,36);1H. The summed E-state index contributed by atoms with van der Waals surface area (Å²) < 4.78 is 9.85. The summed E-state index contributed by atoms with van der Waals surface area (Å²) in [5.41, 5.74) is 6.36. The summed E-state index contributed by atoms with van der Waals surface area (Å²) in [4.78, 5) is 17.5. The Morgan fingerprint density at radius 2 is 1.32 bits per heavy atom. The number of carbonyl (C=O) groups excluding carboxylic acids is 1. The summed E-state index contributed by atoms with van der Waals surface area (Å²) in [7, 11) is 0. The third-order valence-electron chi connectivity index (χ3n) is 6.53. The van der Waals surface area contributed by atoms with Crippen molar-refractivity contribution in [2.75, 3.05) is 6.54 Å². The Balaban J connectivity index is 0.00000400. The molecule has 4 rings (SSSR count). The van der Waals surface area contributed by atoms with E-state index in [2.05, 4.69) is 103 Å². The van der Waals surface area contributed by atoms with Gasteiger partial charge in [-0.05, 0) is 102 Å². The SMILES string of the molecule is Cc1ccc(C)n1-c1cc(C(CCNC(=O)OC(C)(C)C)c2ccccc2)cc(-n2c(C)ccc2C)n1.[HH]. The van der Waals surface area contributed by atoms with Crippen LogP contribution in [0.25, 0.3) is 11.6 Å². The van der Waals surface area contributed by atoms with Gasteiger partial charge >= 0.3 is 6.09 Å². The minimum atomic E-state index is -0.531. The molecule has 3 heterocycles. The number of rotatable bonds is 7. The summed E-state index contributed by atoms with van der Waals surface area (Å²) in [5.74, 6) is 1.84. The van der Waals surface area contributed by atoms with Crippen molar-refractivity contribution in [2.45, 2.75) is 66.4 Å². The summed E-state index contributed by atoms with van der Waals surface area (Å²) in [6.45, 7) is 14.5. The lowest BCUT2D eigenvalue weighted by Crippen LogP contribution is -2.33. The van der Waals surface area contributed by atoms with Gasteiger partial charge in [-0.1, -0.05) is 30.3 Å². The lowest BCUT2D eigenvalue weighted by atomic mass is 9.88. The van der Waals surface area contributed by atoms with Crippen molar-refractivity contribution >= 4 is 6.09 Å². The van der Waals surface area contributed by atoms with E-state index in [1.807, 2.05) is 26.8 Å². The van der Waals surface area contributed by atoms with E-state index < -0.39 is 11.7 Å². The van der Waals surface area contributed by atoms with Crippen LogP contribution < -0.4 is 5.32 Å². The number of nitrogens with zero attached hydrogens (tertiary/aromatic N) is 3. The van der Waals surface area contributed by atoms with Crippen molar-refractivity contribution in [3.8, 4) is 11.6 Å². The number of benzene rings is 1. The molecule has 6 nitrogen and oxygen atoms in total. The van der Waals surface area contributed by atoms with E-state index in [9.17, 15) is 4.79 Å². The van der Waals surface area contributed by atoms with E-state index in [0.29, 0.717) is 6.54 Å². The van der Waals surface area contributed by atoms with Crippen molar-refractivity contribution in [1.29, 1.82) is 0 Å². The minimum absolute atomic E-state index is 0. The molecule has 0 spiro atoms. The zero-order valence-electron chi connectivity index (χ0n) is 23.0. The number of hydrogen-bond acceptors (Lipinski definition) is 3. The van der Waals surface area contributed by atoms with Crippen LogP contribution in [0.5, 0.6) is 0 Å². The van der Waals surface area contributed by atoms with Crippen molar-refractivity contribution < 1.29 is 11.0 Å². The Bertz CT molecular complexity index is 1280. The number of aryl methyl sites for hydroxylation is 4. The van der Waals surface area contributed by atoms with Crippen LogP contribution in [0.4, 0.5) is 4.79 Å². The Kier molecular flexibility index (Phi) is 7.58. The summed E-state index contributed by atoms with van der Waals surface area (Å²) in [6.07, 6.45) is 0.326. The van der Waals surface area contributed by atoms with Gasteiger partial charge in [0.2, 0.25) is 0 Å². The maximum absolute atomic E-state index is 12.3. The van der Waals surface area contributed by atoms with E-state index in [0.717, 1.165) is 46.4 Å². The van der Waals surface area contributed by atoms with E-state index in [-0.39, 0.29) is 7.34 Å². The molecule has 0 aliphatic carbocycles. The molecule has 37 heavy (non-hydrogen) atoms. The average molecular weight is 501 g/mol. The van der Waals surface area contributed by atoms with Crippen molar-refractivity contribution in [3.05, 3.63) is 101 Å². The molecule has 1 aromatic carbocycles. The Hall–Kier alpha value is -3.80. The van der Waals surface area contributed by atoms with Crippen LogP contribution in [-0.2, 0) is 4.74 Å². The summed E-state index contributed by atoms with van der Waals surface area (Å²) >= 11 is 0. The van der Waals surface area contributed by atoms with Crippen LogP contribution in [0.15, 0.2) is 66.7 Å². The summed E-state index contributed by atoms with van der Waals surface area (Å²) in [6, 6.07) is 23.3. The van der Waals surface area contributed by atoms with E-state index >= 15 is 0 Å². The minimum Gasteiger partial charge on any atom is -0.444 e. The molecule has 0 saturated carbocycles. The van der Waals surface area contributed by atoms with Gasteiger partial charge in [0.15, 0.2) is 0 Å². The van der Waals surface area contributed by atoms with Gasteiger partial charge in [0, 0.05) is 36.7 Å². The smallest absolute Gasteiger partial charge is 0.407 e. The normalized spacial score (nSPS) is 12.4. The maximum Gasteiger partial charge on any atom is 0.407 e. The van der Waals surface area contributed by atoms with Gasteiger partial charge in [-0.15, -0.1) is 0 Å². The van der Waals surface area contributed by atoms with Gasteiger partial charge in [-0.25, -0.2) is 9.78 Å². The van der Waals surface area contributed by atoms with Gasteiger partial charge in [0.25, 0.3) is 0 Å². The molecular weight excluding hydrogens is 460 g/mol. The van der Waals surface area contributed by atoms with Crippen molar-refractivity contribution in [2.24, 2.45) is 0 Å². The van der Waals surface area contributed by atoms with Crippen LogP contribution in [0, 0.1) is 27.7 Å². The summed E-state index contributed by atoms with van der Waals surface area (Å²) in [5, 5.41) is 2.94. The quantitative estimate of drug-likeness (QED) is 0.292. The molecule has 1 atom stereocenters. The lowest BCUT2D eigenvalue weighted by molar-refractivity contribution is 0.0526. The number of alkyl carbamates (subject to hydrolysis) is 1. The molecule has 0 saturated heterocycles. The molecule has 0 aliphatic heterocycles.